The van der Waals surface area contributed by atoms with Crippen LogP contribution in [0.25, 0.3) is 0 Å². The SMILES string of the molecule is Cc1ccc(OCCCc2ccncc2)c(N)c1. The molecule has 0 atom stereocenters. The second-order valence-electron chi connectivity index (χ2n) is 4.35. The Morgan fingerprint density at radius 1 is 1.17 bits per heavy atom. The average Bonchev–Trinajstić information content (AvgIpc) is 2.38. The lowest BCUT2D eigenvalue weighted by Gasteiger charge is -2.09. The Kier molecular flexibility index (Phi) is 4.18. The van der Waals surface area contributed by atoms with Crippen LogP contribution >= 0.6 is 0 Å². The molecule has 0 aliphatic carbocycles. The molecule has 94 valence electrons. The van der Waals surface area contributed by atoms with Crippen LogP contribution in [0.5, 0.6) is 5.75 Å². The van der Waals surface area contributed by atoms with Gasteiger partial charge in [0.2, 0.25) is 0 Å². The summed E-state index contributed by atoms with van der Waals surface area (Å²) >= 11 is 0. The second-order valence-corrected chi connectivity index (χ2v) is 4.35. The van der Waals surface area contributed by atoms with Crippen molar-refractivity contribution >= 4 is 5.69 Å². The minimum atomic E-state index is 0.676. The molecule has 3 heteroatoms. The summed E-state index contributed by atoms with van der Waals surface area (Å²) in [5.41, 5.74) is 9.02. The standard InChI is InChI=1S/C15H18N2O/c1-12-4-5-15(14(16)11-12)18-10-2-3-13-6-8-17-9-7-13/h4-9,11H,2-3,10,16H2,1H3. The van der Waals surface area contributed by atoms with Gasteiger partial charge in [-0.25, -0.2) is 0 Å². The summed E-state index contributed by atoms with van der Waals surface area (Å²) in [4.78, 5) is 3.99. The first-order valence-electron chi connectivity index (χ1n) is 6.13. The number of rotatable bonds is 5. The molecule has 0 radical (unpaired) electrons. The van der Waals surface area contributed by atoms with Crippen molar-refractivity contribution in [2.45, 2.75) is 19.8 Å². The molecule has 0 spiro atoms. The van der Waals surface area contributed by atoms with Crippen molar-refractivity contribution in [1.29, 1.82) is 0 Å². The van der Waals surface area contributed by atoms with Crippen LogP contribution in [0, 0.1) is 6.92 Å². The van der Waals surface area contributed by atoms with E-state index in [1.54, 1.807) is 0 Å². The number of hydrogen-bond acceptors (Lipinski definition) is 3. The van der Waals surface area contributed by atoms with Gasteiger partial charge in [0.25, 0.3) is 0 Å². The normalized spacial score (nSPS) is 10.3. The number of aryl methyl sites for hydroxylation is 2. The van der Waals surface area contributed by atoms with E-state index >= 15 is 0 Å². The molecule has 1 aromatic heterocycles. The van der Waals surface area contributed by atoms with Gasteiger partial charge in [0.1, 0.15) is 5.75 Å². The first-order valence-corrected chi connectivity index (χ1v) is 6.13. The Morgan fingerprint density at radius 3 is 2.67 bits per heavy atom. The zero-order valence-corrected chi connectivity index (χ0v) is 10.6. The third-order valence-electron chi connectivity index (χ3n) is 2.78. The topological polar surface area (TPSA) is 48.1 Å². The van der Waals surface area contributed by atoms with E-state index < -0.39 is 0 Å². The van der Waals surface area contributed by atoms with Gasteiger partial charge in [-0.3, -0.25) is 4.98 Å². The molecular formula is C15H18N2O. The largest absolute Gasteiger partial charge is 0.491 e. The zero-order chi connectivity index (χ0) is 12.8. The molecule has 3 nitrogen and oxygen atoms in total. The Labute approximate surface area is 108 Å². The fourth-order valence-electron chi connectivity index (χ4n) is 1.81. The van der Waals surface area contributed by atoms with Crippen molar-refractivity contribution in [3.63, 3.8) is 0 Å². The number of aromatic nitrogens is 1. The van der Waals surface area contributed by atoms with Crippen molar-refractivity contribution < 1.29 is 4.74 Å². The minimum absolute atomic E-state index is 0.676. The monoisotopic (exact) mass is 242 g/mol. The third-order valence-corrected chi connectivity index (χ3v) is 2.78. The number of nitrogens with two attached hydrogens (primary N) is 1. The summed E-state index contributed by atoms with van der Waals surface area (Å²) in [7, 11) is 0. The van der Waals surface area contributed by atoms with Crippen LogP contribution in [-0.4, -0.2) is 11.6 Å². The van der Waals surface area contributed by atoms with Gasteiger partial charge in [-0.1, -0.05) is 6.07 Å². The fraction of sp³-hybridized carbons (Fsp3) is 0.267. The lowest BCUT2D eigenvalue weighted by Crippen LogP contribution is -2.02. The van der Waals surface area contributed by atoms with Gasteiger partial charge in [-0.15, -0.1) is 0 Å². The van der Waals surface area contributed by atoms with Crippen LogP contribution < -0.4 is 10.5 Å². The molecule has 1 heterocycles. The van der Waals surface area contributed by atoms with Crippen LogP contribution in [-0.2, 0) is 6.42 Å². The number of nitrogen functional groups attached to an aromatic ring is 1. The molecule has 0 amide bonds. The van der Waals surface area contributed by atoms with E-state index in [1.807, 2.05) is 49.6 Å². The minimum Gasteiger partial charge on any atom is -0.491 e. The predicted molar refractivity (Wildman–Crippen MR) is 73.6 cm³/mol. The molecule has 0 saturated carbocycles. The fourth-order valence-corrected chi connectivity index (χ4v) is 1.81. The number of hydrogen-bond donors (Lipinski definition) is 1. The van der Waals surface area contributed by atoms with E-state index in [4.69, 9.17) is 10.5 Å². The van der Waals surface area contributed by atoms with E-state index in [1.165, 1.54) is 5.56 Å². The average molecular weight is 242 g/mol. The van der Waals surface area contributed by atoms with Gasteiger partial charge in [-0.2, -0.15) is 0 Å². The molecule has 0 fully saturated rings. The maximum atomic E-state index is 5.88. The van der Waals surface area contributed by atoms with Gasteiger partial charge in [0, 0.05) is 12.4 Å². The van der Waals surface area contributed by atoms with E-state index in [0.717, 1.165) is 24.2 Å². The summed E-state index contributed by atoms with van der Waals surface area (Å²) in [5.74, 6) is 0.773. The van der Waals surface area contributed by atoms with Crippen molar-refractivity contribution in [2.75, 3.05) is 12.3 Å². The molecule has 18 heavy (non-hydrogen) atoms. The highest BCUT2D eigenvalue weighted by atomic mass is 16.5. The zero-order valence-electron chi connectivity index (χ0n) is 10.6. The summed E-state index contributed by atoms with van der Waals surface area (Å²) in [6, 6.07) is 9.92. The Hall–Kier alpha value is -2.03. The molecule has 0 aliphatic rings. The lowest BCUT2D eigenvalue weighted by molar-refractivity contribution is 0.312. The van der Waals surface area contributed by atoms with Crippen LogP contribution in [0.4, 0.5) is 5.69 Å². The van der Waals surface area contributed by atoms with Crippen molar-refractivity contribution in [2.24, 2.45) is 0 Å². The van der Waals surface area contributed by atoms with Crippen LogP contribution in [0.2, 0.25) is 0 Å². The van der Waals surface area contributed by atoms with E-state index in [0.29, 0.717) is 12.3 Å². The van der Waals surface area contributed by atoms with E-state index in [-0.39, 0.29) is 0 Å². The molecule has 0 bridgehead atoms. The highest BCUT2D eigenvalue weighted by molar-refractivity contribution is 5.53. The van der Waals surface area contributed by atoms with Gasteiger partial charge in [-0.05, 0) is 55.2 Å². The number of anilines is 1. The van der Waals surface area contributed by atoms with E-state index in [9.17, 15) is 0 Å². The van der Waals surface area contributed by atoms with Crippen LogP contribution in [0.3, 0.4) is 0 Å². The highest BCUT2D eigenvalue weighted by Gasteiger charge is 2.00. The summed E-state index contributed by atoms with van der Waals surface area (Å²) in [6.45, 7) is 2.69. The first kappa shape index (κ1) is 12.4. The number of nitrogens with zero attached hydrogens (tertiary/aromatic N) is 1. The van der Waals surface area contributed by atoms with Crippen LogP contribution in [0.1, 0.15) is 17.5 Å². The Morgan fingerprint density at radius 2 is 1.94 bits per heavy atom. The number of ether oxygens (including phenoxy) is 1. The van der Waals surface area contributed by atoms with Gasteiger partial charge in [0.05, 0.1) is 12.3 Å². The maximum absolute atomic E-state index is 5.88. The predicted octanol–water partition coefficient (Wildman–Crippen LogP) is 2.98. The molecule has 1 aromatic carbocycles. The molecular weight excluding hydrogens is 224 g/mol. The molecule has 0 aliphatic heterocycles. The maximum Gasteiger partial charge on any atom is 0.142 e. The lowest BCUT2D eigenvalue weighted by atomic mass is 10.1. The van der Waals surface area contributed by atoms with Crippen molar-refractivity contribution in [3.8, 4) is 5.75 Å². The summed E-state index contributed by atoms with van der Waals surface area (Å²) in [6.07, 6.45) is 5.59. The van der Waals surface area contributed by atoms with Crippen molar-refractivity contribution in [3.05, 3.63) is 53.9 Å². The summed E-state index contributed by atoms with van der Waals surface area (Å²) < 4.78 is 5.67. The molecule has 0 unspecified atom stereocenters. The molecule has 2 rings (SSSR count). The van der Waals surface area contributed by atoms with Crippen LogP contribution in [0.15, 0.2) is 42.7 Å². The summed E-state index contributed by atoms with van der Waals surface area (Å²) in [5, 5.41) is 0. The molecule has 0 saturated heterocycles. The first-order chi connectivity index (χ1) is 8.75. The molecule has 2 N–H and O–H groups in total. The van der Waals surface area contributed by atoms with Crippen molar-refractivity contribution in [1.82, 2.24) is 4.98 Å². The van der Waals surface area contributed by atoms with E-state index in [2.05, 4.69) is 4.98 Å². The van der Waals surface area contributed by atoms with Gasteiger partial charge in [0.15, 0.2) is 0 Å². The second kappa shape index (κ2) is 6.05. The van der Waals surface area contributed by atoms with Gasteiger partial charge >= 0.3 is 0 Å². The van der Waals surface area contributed by atoms with Gasteiger partial charge < -0.3 is 10.5 Å². The Bertz CT molecular complexity index is 497. The Balaban J connectivity index is 1.79. The molecule has 2 aromatic rings. The quantitative estimate of drug-likeness (QED) is 0.647. The highest BCUT2D eigenvalue weighted by Crippen LogP contribution is 2.22. The number of pyridine rings is 1. The smallest absolute Gasteiger partial charge is 0.142 e. The third kappa shape index (κ3) is 3.48. The number of benzene rings is 1.